The van der Waals surface area contributed by atoms with Crippen LogP contribution in [0.15, 0.2) is 29.3 Å². The number of benzene rings is 1. The Hall–Kier alpha value is -1.81. The van der Waals surface area contributed by atoms with E-state index in [-0.39, 0.29) is 12.1 Å². The number of aliphatic imine (C=N–C) groups is 1. The van der Waals surface area contributed by atoms with Gasteiger partial charge in [-0.2, -0.15) is 0 Å². The second kappa shape index (κ2) is 4.70. The lowest BCUT2D eigenvalue weighted by molar-refractivity contribution is 0.184. The maximum atomic E-state index is 6.12. The molecule has 2 N–H and O–H groups in total. The number of likely N-dealkylation sites (N-methyl/N-ethyl adjacent to an activating group) is 1. The van der Waals surface area contributed by atoms with Crippen molar-refractivity contribution in [3.63, 3.8) is 0 Å². The fraction of sp³-hybridized carbons (Fsp3) is 0.400. The van der Waals surface area contributed by atoms with Gasteiger partial charge in [0.1, 0.15) is 11.9 Å². The molecule has 0 aliphatic carbocycles. The van der Waals surface area contributed by atoms with E-state index in [0.717, 1.165) is 30.0 Å². The molecule has 4 nitrogen and oxygen atoms in total. The molecule has 2 aliphatic heterocycles. The zero-order valence-corrected chi connectivity index (χ0v) is 11.3. The number of anilines is 1. The average Bonchev–Trinajstić information content (AvgIpc) is 2.94. The van der Waals surface area contributed by atoms with E-state index >= 15 is 0 Å². The predicted octanol–water partition coefficient (Wildman–Crippen LogP) is 1.82. The summed E-state index contributed by atoms with van der Waals surface area (Å²) in [6, 6.07) is 4.16. The third kappa shape index (κ3) is 2.36. The van der Waals surface area contributed by atoms with Crippen molar-refractivity contribution in [3.8, 4) is 5.75 Å². The van der Waals surface area contributed by atoms with Crippen LogP contribution in [-0.2, 0) is 6.42 Å². The third-order valence-corrected chi connectivity index (χ3v) is 3.52. The average molecular weight is 257 g/mol. The van der Waals surface area contributed by atoms with Crippen LogP contribution in [-0.4, -0.2) is 37.9 Å². The molecule has 0 bridgehead atoms. The number of allylic oxidation sites excluding steroid dienone is 1. The Kier molecular flexibility index (Phi) is 3.03. The van der Waals surface area contributed by atoms with Crippen LogP contribution in [0.5, 0.6) is 5.75 Å². The molecule has 3 rings (SSSR count). The Morgan fingerprint density at radius 3 is 2.95 bits per heavy atom. The van der Waals surface area contributed by atoms with Crippen LogP contribution in [0, 0.1) is 0 Å². The number of nitrogen functional groups attached to an aromatic ring is 1. The summed E-state index contributed by atoms with van der Waals surface area (Å²) in [6.07, 6.45) is 7.01. The molecule has 0 amide bonds. The van der Waals surface area contributed by atoms with E-state index in [0.29, 0.717) is 0 Å². The predicted molar refractivity (Wildman–Crippen MR) is 77.9 cm³/mol. The first kappa shape index (κ1) is 12.2. The molecular weight excluding hydrogens is 238 g/mol. The highest BCUT2D eigenvalue weighted by atomic mass is 16.5. The van der Waals surface area contributed by atoms with Gasteiger partial charge in [-0.15, -0.1) is 0 Å². The maximum Gasteiger partial charge on any atom is 0.125 e. The van der Waals surface area contributed by atoms with Gasteiger partial charge in [0.05, 0.1) is 6.04 Å². The number of hydrogen-bond donors (Lipinski definition) is 1. The zero-order chi connectivity index (χ0) is 13.4. The molecule has 0 aromatic heterocycles. The van der Waals surface area contributed by atoms with E-state index in [9.17, 15) is 0 Å². The van der Waals surface area contributed by atoms with Crippen molar-refractivity contribution in [1.29, 1.82) is 0 Å². The second-order valence-electron chi connectivity index (χ2n) is 5.42. The van der Waals surface area contributed by atoms with E-state index in [4.69, 9.17) is 10.5 Å². The lowest BCUT2D eigenvalue weighted by Crippen LogP contribution is -2.29. The minimum absolute atomic E-state index is 0.0678. The van der Waals surface area contributed by atoms with Gasteiger partial charge in [0, 0.05) is 36.5 Å². The molecule has 0 spiro atoms. The van der Waals surface area contributed by atoms with Gasteiger partial charge < -0.3 is 15.4 Å². The van der Waals surface area contributed by atoms with E-state index in [2.05, 4.69) is 36.1 Å². The van der Waals surface area contributed by atoms with Crippen LogP contribution in [0.3, 0.4) is 0 Å². The van der Waals surface area contributed by atoms with Gasteiger partial charge >= 0.3 is 0 Å². The Morgan fingerprint density at radius 2 is 2.26 bits per heavy atom. The van der Waals surface area contributed by atoms with Gasteiger partial charge in [0.25, 0.3) is 0 Å². The highest BCUT2D eigenvalue weighted by Gasteiger charge is 2.26. The SMILES string of the molecule is CN(C)CC1Cc2cc(C3C=CC=N3)c(N)cc2O1. The van der Waals surface area contributed by atoms with Crippen molar-refractivity contribution < 1.29 is 4.74 Å². The highest BCUT2D eigenvalue weighted by Crippen LogP contribution is 2.37. The molecule has 0 fully saturated rings. The molecular formula is C15H19N3O. The lowest BCUT2D eigenvalue weighted by Gasteiger charge is -2.15. The third-order valence-electron chi connectivity index (χ3n) is 3.52. The molecule has 2 atom stereocenters. The fourth-order valence-corrected chi connectivity index (χ4v) is 2.69. The van der Waals surface area contributed by atoms with Gasteiger partial charge in [0.15, 0.2) is 0 Å². The van der Waals surface area contributed by atoms with Gasteiger partial charge in [-0.25, -0.2) is 0 Å². The van der Waals surface area contributed by atoms with E-state index < -0.39 is 0 Å². The summed E-state index contributed by atoms with van der Waals surface area (Å²) < 4.78 is 5.94. The topological polar surface area (TPSA) is 50.8 Å². The first-order chi connectivity index (χ1) is 9.13. The number of nitrogens with two attached hydrogens (primary N) is 1. The van der Waals surface area contributed by atoms with E-state index in [1.807, 2.05) is 18.4 Å². The molecule has 0 saturated heterocycles. The molecule has 0 saturated carbocycles. The molecule has 4 heteroatoms. The first-order valence-corrected chi connectivity index (χ1v) is 6.57. The van der Waals surface area contributed by atoms with Crippen molar-refractivity contribution in [2.75, 3.05) is 26.4 Å². The van der Waals surface area contributed by atoms with Crippen LogP contribution < -0.4 is 10.5 Å². The number of nitrogens with zero attached hydrogens (tertiary/aromatic N) is 2. The number of fused-ring (bicyclic) bond motifs is 1. The number of hydrogen-bond acceptors (Lipinski definition) is 4. The van der Waals surface area contributed by atoms with Gasteiger partial charge in [0.2, 0.25) is 0 Å². The zero-order valence-electron chi connectivity index (χ0n) is 11.3. The number of rotatable bonds is 3. The van der Waals surface area contributed by atoms with Crippen molar-refractivity contribution in [2.45, 2.75) is 18.6 Å². The van der Waals surface area contributed by atoms with Gasteiger partial charge in [-0.05, 0) is 31.8 Å². The summed E-state index contributed by atoms with van der Waals surface area (Å²) in [5.74, 6) is 0.930. The normalized spacial score (nSPS) is 23.9. The number of ether oxygens (including phenoxy) is 1. The molecule has 2 aliphatic rings. The smallest absolute Gasteiger partial charge is 0.125 e. The van der Waals surface area contributed by atoms with E-state index in [1.165, 1.54) is 5.56 Å². The van der Waals surface area contributed by atoms with Crippen molar-refractivity contribution in [2.24, 2.45) is 4.99 Å². The van der Waals surface area contributed by atoms with Crippen LogP contribution in [0.1, 0.15) is 17.2 Å². The summed E-state index contributed by atoms with van der Waals surface area (Å²) >= 11 is 0. The summed E-state index contributed by atoms with van der Waals surface area (Å²) in [5.41, 5.74) is 9.21. The van der Waals surface area contributed by atoms with Gasteiger partial charge in [-0.1, -0.05) is 6.08 Å². The molecule has 19 heavy (non-hydrogen) atoms. The summed E-state index contributed by atoms with van der Waals surface area (Å²) in [5, 5.41) is 0. The van der Waals surface area contributed by atoms with Crippen molar-refractivity contribution >= 4 is 11.9 Å². The molecule has 1 aromatic rings. The monoisotopic (exact) mass is 257 g/mol. The maximum absolute atomic E-state index is 6.12. The Bertz CT molecular complexity index is 537. The second-order valence-corrected chi connectivity index (χ2v) is 5.42. The largest absolute Gasteiger partial charge is 0.488 e. The minimum Gasteiger partial charge on any atom is -0.488 e. The molecule has 2 heterocycles. The van der Waals surface area contributed by atoms with Crippen molar-refractivity contribution in [1.82, 2.24) is 4.90 Å². The van der Waals surface area contributed by atoms with Crippen molar-refractivity contribution in [3.05, 3.63) is 35.4 Å². The van der Waals surface area contributed by atoms with E-state index in [1.54, 1.807) is 0 Å². The molecule has 0 radical (unpaired) electrons. The molecule has 1 aromatic carbocycles. The highest BCUT2D eigenvalue weighted by molar-refractivity contribution is 5.75. The molecule has 100 valence electrons. The Labute approximate surface area is 113 Å². The summed E-state index contributed by atoms with van der Waals surface area (Å²) in [6.45, 7) is 0.922. The van der Waals surface area contributed by atoms with Crippen LogP contribution in [0.25, 0.3) is 0 Å². The Balaban J connectivity index is 1.86. The summed E-state index contributed by atoms with van der Waals surface area (Å²) in [7, 11) is 4.12. The quantitative estimate of drug-likeness (QED) is 0.840. The summed E-state index contributed by atoms with van der Waals surface area (Å²) in [4.78, 5) is 6.54. The standard InChI is InChI=1S/C15H19N3O/c1-18(2)9-11-6-10-7-12(14-4-3-5-17-14)13(16)8-15(10)19-11/h3-5,7-8,11,14H,6,9,16H2,1-2H3. The van der Waals surface area contributed by atoms with Gasteiger partial charge in [-0.3, -0.25) is 4.99 Å². The Morgan fingerprint density at radius 1 is 1.42 bits per heavy atom. The van der Waals surface area contributed by atoms with Crippen LogP contribution >= 0.6 is 0 Å². The fourth-order valence-electron chi connectivity index (χ4n) is 2.69. The first-order valence-electron chi connectivity index (χ1n) is 6.57. The molecule has 2 unspecified atom stereocenters. The lowest BCUT2D eigenvalue weighted by atomic mass is 10.00. The minimum atomic E-state index is 0.0678. The van der Waals surface area contributed by atoms with Crippen LogP contribution in [0.4, 0.5) is 5.69 Å². The van der Waals surface area contributed by atoms with Crippen LogP contribution in [0.2, 0.25) is 0 Å².